The summed E-state index contributed by atoms with van der Waals surface area (Å²) in [6, 6.07) is 19.2. The van der Waals surface area contributed by atoms with Crippen LogP contribution in [0.25, 0.3) is 0 Å². The Labute approximate surface area is 182 Å². The number of ether oxygens (including phenoxy) is 1. The number of rotatable bonds is 5. The first-order valence-electron chi connectivity index (χ1n) is 10.6. The largest absolute Gasteiger partial charge is 0.497 e. The lowest BCUT2D eigenvalue weighted by atomic mass is 10.00. The maximum Gasteiger partial charge on any atom is 0.174 e. The van der Waals surface area contributed by atoms with Gasteiger partial charge in [-0.3, -0.25) is 4.98 Å². The van der Waals surface area contributed by atoms with Gasteiger partial charge in [0.25, 0.3) is 0 Å². The van der Waals surface area contributed by atoms with E-state index in [2.05, 4.69) is 56.3 Å². The summed E-state index contributed by atoms with van der Waals surface area (Å²) >= 11 is 5.84. The molecule has 6 heteroatoms. The summed E-state index contributed by atoms with van der Waals surface area (Å²) in [5.41, 5.74) is 3.33. The maximum atomic E-state index is 5.84. The molecular formula is C24H26N4OS. The number of thiocarbonyl (C=S) groups is 1. The molecule has 0 radical (unpaired) electrons. The summed E-state index contributed by atoms with van der Waals surface area (Å²) in [6.45, 7) is 0. The average molecular weight is 419 g/mol. The molecule has 3 aromatic rings. The molecular weight excluding hydrogens is 392 g/mol. The minimum atomic E-state index is -0.0177. The molecule has 1 saturated heterocycles. The van der Waals surface area contributed by atoms with Gasteiger partial charge in [0, 0.05) is 29.8 Å². The smallest absolute Gasteiger partial charge is 0.174 e. The van der Waals surface area contributed by atoms with Crippen molar-refractivity contribution in [3.8, 4) is 5.75 Å². The van der Waals surface area contributed by atoms with Crippen LogP contribution in [0.2, 0.25) is 0 Å². The normalized spacial score (nSPS) is 21.8. The first-order valence-corrected chi connectivity index (χ1v) is 11.0. The fourth-order valence-corrected chi connectivity index (χ4v) is 5.19. The van der Waals surface area contributed by atoms with Crippen molar-refractivity contribution in [1.82, 2.24) is 14.9 Å². The molecule has 1 N–H and O–H groups in total. The zero-order valence-electron chi connectivity index (χ0n) is 17.1. The van der Waals surface area contributed by atoms with Gasteiger partial charge in [-0.15, -0.1) is 0 Å². The fourth-order valence-electron chi connectivity index (χ4n) is 4.85. The van der Waals surface area contributed by atoms with Gasteiger partial charge in [-0.1, -0.05) is 18.9 Å². The number of hydrogen-bond acceptors (Lipinski definition) is 3. The molecule has 5 rings (SSSR count). The number of aromatic nitrogens is 2. The molecule has 0 unspecified atom stereocenters. The predicted octanol–water partition coefficient (Wildman–Crippen LogP) is 5.18. The number of nitrogens with one attached hydrogen (secondary N) is 1. The summed E-state index contributed by atoms with van der Waals surface area (Å²) in [4.78, 5) is 6.89. The first-order chi connectivity index (χ1) is 14.8. The van der Waals surface area contributed by atoms with E-state index in [9.17, 15) is 0 Å². The monoisotopic (exact) mass is 418 g/mol. The van der Waals surface area contributed by atoms with Gasteiger partial charge in [0.05, 0.1) is 18.8 Å². The molecule has 0 spiro atoms. The van der Waals surface area contributed by atoms with Crippen molar-refractivity contribution in [2.24, 2.45) is 0 Å². The molecule has 1 aliphatic carbocycles. The molecule has 2 fully saturated rings. The van der Waals surface area contributed by atoms with E-state index in [1.54, 1.807) is 7.11 Å². The number of nitrogens with zero attached hydrogens (tertiary/aromatic N) is 3. The lowest BCUT2D eigenvalue weighted by Crippen LogP contribution is -2.30. The van der Waals surface area contributed by atoms with Crippen molar-refractivity contribution in [2.75, 3.05) is 12.0 Å². The van der Waals surface area contributed by atoms with Gasteiger partial charge in [-0.2, -0.15) is 0 Å². The lowest BCUT2D eigenvalue weighted by molar-refractivity contribution is 0.414. The van der Waals surface area contributed by atoms with Crippen LogP contribution < -0.4 is 15.0 Å². The van der Waals surface area contributed by atoms with Crippen molar-refractivity contribution < 1.29 is 4.74 Å². The van der Waals surface area contributed by atoms with Gasteiger partial charge < -0.3 is 19.5 Å². The highest BCUT2D eigenvalue weighted by atomic mass is 32.1. The number of anilines is 1. The van der Waals surface area contributed by atoms with Crippen molar-refractivity contribution in [3.05, 3.63) is 78.4 Å². The molecule has 1 aromatic carbocycles. The number of hydrogen-bond donors (Lipinski definition) is 1. The Hall–Kier alpha value is -2.86. The second-order valence-corrected chi connectivity index (χ2v) is 8.36. The Morgan fingerprint density at radius 2 is 1.83 bits per heavy atom. The predicted molar refractivity (Wildman–Crippen MR) is 123 cm³/mol. The summed E-state index contributed by atoms with van der Waals surface area (Å²) < 4.78 is 7.83. The van der Waals surface area contributed by atoms with E-state index in [4.69, 9.17) is 17.0 Å². The molecule has 1 saturated carbocycles. The third-order valence-corrected chi connectivity index (χ3v) is 6.60. The Morgan fingerprint density at radius 3 is 2.53 bits per heavy atom. The van der Waals surface area contributed by atoms with Gasteiger partial charge in [-0.05, 0) is 73.6 Å². The summed E-state index contributed by atoms with van der Waals surface area (Å²) in [5, 5.41) is 4.28. The highest BCUT2D eigenvalue weighted by molar-refractivity contribution is 7.80. The van der Waals surface area contributed by atoms with Gasteiger partial charge in [0.15, 0.2) is 5.11 Å². The molecule has 30 heavy (non-hydrogen) atoms. The summed E-state index contributed by atoms with van der Waals surface area (Å²) in [5.74, 6) is 0.837. The van der Waals surface area contributed by atoms with Gasteiger partial charge in [0.2, 0.25) is 0 Å². The van der Waals surface area contributed by atoms with Crippen molar-refractivity contribution in [1.29, 1.82) is 0 Å². The third kappa shape index (κ3) is 3.35. The molecule has 154 valence electrons. The van der Waals surface area contributed by atoms with E-state index in [1.807, 2.05) is 30.5 Å². The van der Waals surface area contributed by atoms with E-state index in [-0.39, 0.29) is 12.1 Å². The molecule has 1 aliphatic heterocycles. The number of pyridine rings is 1. The topological polar surface area (TPSA) is 42.3 Å². The number of methoxy groups -OCH3 is 1. The van der Waals surface area contributed by atoms with Crippen molar-refractivity contribution >= 4 is 23.0 Å². The second-order valence-electron chi connectivity index (χ2n) is 7.97. The Balaban J connectivity index is 1.60. The summed E-state index contributed by atoms with van der Waals surface area (Å²) in [7, 11) is 1.69. The van der Waals surface area contributed by atoms with Crippen LogP contribution in [0, 0.1) is 0 Å². The van der Waals surface area contributed by atoms with Crippen LogP contribution in [0.1, 0.15) is 55.2 Å². The van der Waals surface area contributed by atoms with Crippen LogP contribution in [-0.2, 0) is 0 Å². The zero-order chi connectivity index (χ0) is 20.5. The Kier molecular flexibility index (Phi) is 5.17. The van der Waals surface area contributed by atoms with Crippen LogP contribution in [0.3, 0.4) is 0 Å². The molecule has 0 amide bonds. The minimum Gasteiger partial charge on any atom is -0.497 e. The quantitative estimate of drug-likeness (QED) is 0.578. The fraction of sp³-hybridized carbons (Fsp3) is 0.333. The lowest BCUT2D eigenvalue weighted by Gasteiger charge is -2.30. The van der Waals surface area contributed by atoms with Crippen LogP contribution >= 0.6 is 12.2 Å². The van der Waals surface area contributed by atoms with Gasteiger partial charge in [0.1, 0.15) is 11.8 Å². The van der Waals surface area contributed by atoms with E-state index >= 15 is 0 Å². The molecule has 2 aliphatic rings. The highest BCUT2D eigenvalue weighted by Gasteiger charge is 2.42. The molecule has 0 bridgehead atoms. The van der Waals surface area contributed by atoms with Crippen molar-refractivity contribution in [3.63, 3.8) is 0 Å². The van der Waals surface area contributed by atoms with Gasteiger partial charge >= 0.3 is 0 Å². The SMILES string of the molecule is COc1ccc(N2C(=S)N[C@@H](c3ccccn3)[C@H]2c2cccn2C2CCCC2)cc1. The second kappa shape index (κ2) is 8.11. The maximum absolute atomic E-state index is 5.84. The Bertz CT molecular complexity index is 1010. The van der Waals surface area contributed by atoms with Gasteiger partial charge in [-0.25, -0.2) is 0 Å². The van der Waals surface area contributed by atoms with E-state index in [0.717, 1.165) is 22.2 Å². The van der Waals surface area contributed by atoms with E-state index in [1.165, 1.54) is 31.4 Å². The van der Waals surface area contributed by atoms with Crippen molar-refractivity contribution in [2.45, 2.75) is 43.8 Å². The highest BCUT2D eigenvalue weighted by Crippen LogP contribution is 2.43. The Morgan fingerprint density at radius 1 is 1.03 bits per heavy atom. The average Bonchev–Trinajstić information content (AvgIpc) is 3.53. The van der Waals surface area contributed by atoms with Crippen LogP contribution in [0.5, 0.6) is 5.75 Å². The number of benzene rings is 1. The zero-order valence-corrected chi connectivity index (χ0v) is 17.9. The van der Waals surface area contributed by atoms with E-state index in [0.29, 0.717) is 6.04 Å². The first kappa shape index (κ1) is 19.1. The molecule has 2 aromatic heterocycles. The molecule has 5 nitrogen and oxygen atoms in total. The van der Waals surface area contributed by atoms with E-state index < -0.39 is 0 Å². The minimum absolute atomic E-state index is 0.0177. The van der Waals surface area contributed by atoms with Crippen LogP contribution in [0.15, 0.2) is 67.0 Å². The summed E-state index contributed by atoms with van der Waals surface area (Å²) in [6.07, 6.45) is 9.16. The van der Waals surface area contributed by atoms with Crippen LogP contribution in [0.4, 0.5) is 5.69 Å². The molecule has 2 atom stereocenters. The molecule has 3 heterocycles. The van der Waals surface area contributed by atoms with Crippen LogP contribution in [-0.4, -0.2) is 21.8 Å². The standard InChI is InChI=1S/C24H26N4OS/c1-29-19-13-11-18(12-14-19)28-23(21-10-6-16-27(21)17-7-2-3-8-17)22(26-24(28)30)20-9-4-5-15-25-20/h4-6,9-17,22-23H,2-3,7-8H2,1H3,(H,26,30)/t22-,23+/m0/s1. The third-order valence-electron chi connectivity index (χ3n) is 6.28.